The van der Waals surface area contributed by atoms with Crippen molar-refractivity contribution < 1.29 is 13.2 Å². The molecule has 128 valence electrons. The Labute approximate surface area is 147 Å². The number of sulfonamides is 1. The number of nitrogens with one attached hydrogen (secondary N) is 2. The number of hydrogen-bond donors (Lipinski definition) is 2. The molecule has 0 saturated heterocycles. The van der Waals surface area contributed by atoms with Crippen molar-refractivity contribution in [1.82, 2.24) is 4.72 Å². The number of terminal acetylenes is 1. The highest BCUT2D eigenvalue weighted by atomic mass is 32.2. The van der Waals surface area contributed by atoms with Gasteiger partial charge in [-0.05, 0) is 35.7 Å². The average Bonchev–Trinajstić information content (AvgIpc) is 2.61. The van der Waals surface area contributed by atoms with Crippen LogP contribution < -0.4 is 10.0 Å². The summed E-state index contributed by atoms with van der Waals surface area (Å²) in [4.78, 5) is 11.6. The van der Waals surface area contributed by atoms with E-state index in [1.807, 2.05) is 30.3 Å². The van der Waals surface area contributed by atoms with Gasteiger partial charge in [-0.3, -0.25) is 4.79 Å². The van der Waals surface area contributed by atoms with Crippen molar-refractivity contribution in [2.45, 2.75) is 30.2 Å². The molecule has 6 heteroatoms. The molecule has 5 nitrogen and oxygen atoms in total. The number of carbonyl (C=O) groups excluding carboxylic acids is 1. The van der Waals surface area contributed by atoms with E-state index in [9.17, 15) is 13.2 Å². The highest BCUT2D eigenvalue weighted by Crippen LogP contribution is 2.27. The minimum absolute atomic E-state index is 0.0561. The Balaban J connectivity index is 1.88. The number of benzene rings is 2. The Morgan fingerprint density at radius 3 is 2.64 bits per heavy atom. The van der Waals surface area contributed by atoms with E-state index < -0.39 is 16.1 Å². The lowest BCUT2D eigenvalue weighted by Crippen LogP contribution is -2.29. The van der Waals surface area contributed by atoms with Gasteiger partial charge in [-0.25, -0.2) is 13.1 Å². The second-order valence-corrected chi connectivity index (χ2v) is 7.57. The van der Waals surface area contributed by atoms with Crippen LogP contribution in [0.25, 0.3) is 0 Å². The molecule has 1 aliphatic heterocycles. The molecule has 0 aliphatic carbocycles. The monoisotopic (exact) mass is 354 g/mol. The SMILES string of the molecule is C#CC[C@@H](NS(=O)(=O)c1ccc2c(c1)CCC(=O)N2)c1ccccc1. The highest BCUT2D eigenvalue weighted by molar-refractivity contribution is 7.89. The number of hydrogen-bond acceptors (Lipinski definition) is 3. The predicted molar refractivity (Wildman–Crippen MR) is 96.3 cm³/mol. The normalized spacial score (nSPS) is 14.9. The molecular formula is C19H18N2O3S. The predicted octanol–water partition coefficient (Wildman–Crippen LogP) is 2.61. The summed E-state index contributed by atoms with van der Waals surface area (Å²) in [6.45, 7) is 0. The lowest BCUT2D eigenvalue weighted by molar-refractivity contribution is -0.116. The van der Waals surface area contributed by atoms with Gasteiger partial charge in [-0.1, -0.05) is 30.3 Å². The van der Waals surface area contributed by atoms with Crippen LogP contribution in [0, 0.1) is 12.3 Å². The highest BCUT2D eigenvalue weighted by Gasteiger charge is 2.23. The Hall–Kier alpha value is -2.62. The standard InChI is InChI=1S/C19H18N2O3S/c1-2-6-18(14-7-4-3-5-8-14)21-25(23,24)16-10-11-17-15(13-16)9-12-19(22)20-17/h1,3-5,7-8,10-11,13,18,21H,6,9,12H2,(H,20,22)/t18-/m1/s1. The van der Waals surface area contributed by atoms with E-state index in [0.29, 0.717) is 18.5 Å². The van der Waals surface area contributed by atoms with E-state index in [-0.39, 0.29) is 17.2 Å². The maximum absolute atomic E-state index is 12.8. The second-order valence-electron chi connectivity index (χ2n) is 5.86. The molecule has 1 amide bonds. The molecule has 1 aliphatic rings. The number of rotatable bonds is 5. The number of amides is 1. The maximum atomic E-state index is 12.8. The van der Waals surface area contributed by atoms with Crippen molar-refractivity contribution >= 4 is 21.6 Å². The van der Waals surface area contributed by atoms with Crippen LogP contribution >= 0.6 is 0 Å². The molecule has 0 unspecified atom stereocenters. The summed E-state index contributed by atoms with van der Waals surface area (Å²) in [5.41, 5.74) is 2.29. The fraction of sp³-hybridized carbons (Fsp3) is 0.211. The van der Waals surface area contributed by atoms with Gasteiger partial charge < -0.3 is 5.32 Å². The van der Waals surface area contributed by atoms with Gasteiger partial charge in [-0.2, -0.15) is 0 Å². The van der Waals surface area contributed by atoms with Crippen LogP contribution in [0.3, 0.4) is 0 Å². The molecule has 0 aromatic heterocycles. The largest absolute Gasteiger partial charge is 0.326 e. The topological polar surface area (TPSA) is 75.3 Å². The van der Waals surface area contributed by atoms with Crippen molar-refractivity contribution in [3.8, 4) is 12.3 Å². The zero-order valence-corrected chi connectivity index (χ0v) is 14.3. The molecule has 0 bridgehead atoms. The lowest BCUT2D eigenvalue weighted by atomic mass is 10.0. The molecule has 0 spiro atoms. The van der Waals surface area contributed by atoms with E-state index in [2.05, 4.69) is 16.0 Å². The van der Waals surface area contributed by atoms with Gasteiger partial charge in [0, 0.05) is 18.5 Å². The zero-order chi connectivity index (χ0) is 17.9. The molecule has 2 aromatic rings. The Morgan fingerprint density at radius 2 is 1.92 bits per heavy atom. The number of anilines is 1. The fourth-order valence-electron chi connectivity index (χ4n) is 2.81. The zero-order valence-electron chi connectivity index (χ0n) is 13.5. The Kier molecular flexibility index (Phi) is 4.88. The number of carbonyl (C=O) groups is 1. The van der Waals surface area contributed by atoms with Crippen molar-refractivity contribution in [2.24, 2.45) is 0 Å². The molecular weight excluding hydrogens is 336 g/mol. The fourth-order valence-corrected chi connectivity index (χ4v) is 4.09. The number of aryl methyl sites for hydroxylation is 1. The Morgan fingerprint density at radius 1 is 1.16 bits per heavy atom. The van der Waals surface area contributed by atoms with E-state index in [1.165, 1.54) is 6.07 Å². The summed E-state index contributed by atoms with van der Waals surface area (Å²) >= 11 is 0. The minimum Gasteiger partial charge on any atom is -0.326 e. The summed E-state index contributed by atoms with van der Waals surface area (Å²) in [5.74, 6) is 2.46. The molecule has 25 heavy (non-hydrogen) atoms. The van der Waals surface area contributed by atoms with Gasteiger partial charge >= 0.3 is 0 Å². The van der Waals surface area contributed by atoms with Gasteiger partial charge in [0.05, 0.1) is 10.9 Å². The van der Waals surface area contributed by atoms with Gasteiger partial charge in [0.1, 0.15) is 0 Å². The molecule has 0 radical (unpaired) electrons. The van der Waals surface area contributed by atoms with Gasteiger partial charge in [0.25, 0.3) is 0 Å². The van der Waals surface area contributed by atoms with Crippen molar-refractivity contribution in [3.05, 3.63) is 59.7 Å². The first kappa shape index (κ1) is 17.2. The van der Waals surface area contributed by atoms with E-state index >= 15 is 0 Å². The lowest BCUT2D eigenvalue weighted by Gasteiger charge is -2.20. The van der Waals surface area contributed by atoms with Crippen LogP contribution in [0.2, 0.25) is 0 Å². The van der Waals surface area contributed by atoms with E-state index in [0.717, 1.165) is 11.1 Å². The molecule has 0 saturated carbocycles. The first-order valence-corrected chi connectivity index (χ1v) is 9.41. The van der Waals surface area contributed by atoms with Crippen LogP contribution in [0.1, 0.15) is 30.0 Å². The first-order chi connectivity index (χ1) is 12.0. The quantitative estimate of drug-likeness (QED) is 0.811. The molecule has 3 rings (SSSR count). The summed E-state index contributed by atoms with van der Waals surface area (Å²) in [5, 5.41) is 2.74. The summed E-state index contributed by atoms with van der Waals surface area (Å²) < 4.78 is 28.2. The molecule has 1 heterocycles. The average molecular weight is 354 g/mol. The van der Waals surface area contributed by atoms with Crippen molar-refractivity contribution in [3.63, 3.8) is 0 Å². The maximum Gasteiger partial charge on any atom is 0.241 e. The van der Waals surface area contributed by atoms with E-state index in [4.69, 9.17) is 6.42 Å². The summed E-state index contributed by atoms with van der Waals surface area (Å²) in [6, 6.07) is 13.5. The molecule has 2 N–H and O–H groups in total. The van der Waals surface area contributed by atoms with Crippen LogP contribution in [-0.4, -0.2) is 14.3 Å². The van der Waals surface area contributed by atoms with Crippen LogP contribution in [-0.2, 0) is 21.2 Å². The third-order valence-electron chi connectivity index (χ3n) is 4.10. The smallest absolute Gasteiger partial charge is 0.241 e. The third-order valence-corrected chi connectivity index (χ3v) is 5.57. The van der Waals surface area contributed by atoms with Gasteiger partial charge in [0.2, 0.25) is 15.9 Å². The van der Waals surface area contributed by atoms with Crippen LogP contribution in [0.5, 0.6) is 0 Å². The van der Waals surface area contributed by atoms with E-state index in [1.54, 1.807) is 12.1 Å². The third kappa shape index (κ3) is 3.90. The second kappa shape index (κ2) is 7.09. The van der Waals surface area contributed by atoms with Crippen LogP contribution in [0.15, 0.2) is 53.4 Å². The van der Waals surface area contributed by atoms with Crippen molar-refractivity contribution in [1.29, 1.82) is 0 Å². The molecule has 0 fully saturated rings. The first-order valence-electron chi connectivity index (χ1n) is 7.93. The van der Waals surface area contributed by atoms with Gasteiger partial charge in [-0.15, -0.1) is 12.3 Å². The van der Waals surface area contributed by atoms with Crippen molar-refractivity contribution in [2.75, 3.05) is 5.32 Å². The molecule has 2 aromatic carbocycles. The number of fused-ring (bicyclic) bond motifs is 1. The minimum atomic E-state index is -3.74. The summed E-state index contributed by atoms with van der Waals surface area (Å²) in [7, 11) is -3.74. The van der Waals surface area contributed by atoms with Gasteiger partial charge in [0.15, 0.2) is 0 Å². The van der Waals surface area contributed by atoms with Crippen LogP contribution in [0.4, 0.5) is 5.69 Å². The Bertz CT molecular complexity index is 931. The summed E-state index contributed by atoms with van der Waals surface area (Å²) in [6.07, 6.45) is 6.54. The molecule has 1 atom stereocenters.